The van der Waals surface area contributed by atoms with Crippen molar-refractivity contribution in [3.05, 3.63) is 22.4 Å². The van der Waals surface area contributed by atoms with Crippen molar-refractivity contribution in [1.82, 2.24) is 5.32 Å². The lowest BCUT2D eigenvalue weighted by Gasteiger charge is -2.16. The SMILES string of the molecule is CCC(CCCCCN)NCc1cccs1. The number of rotatable bonds is 9. The predicted octanol–water partition coefficient (Wildman–Crippen LogP) is 3.14. The molecular weight excluding hydrogens is 216 g/mol. The van der Waals surface area contributed by atoms with Crippen LogP contribution in [0, 0.1) is 0 Å². The van der Waals surface area contributed by atoms with Crippen LogP contribution in [0.4, 0.5) is 0 Å². The van der Waals surface area contributed by atoms with Crippen LogP contribution in [0.5, 0.6) is 0 Å². The van der Waals surface area contributed by atoms with Crippen LogP contribution in [0.15, 0.2) is 17.5 Å². The fourth-order valence-corrected chi connectivity index (χ4v) is 2.48. The highest BCUT2D eigenvalue weighted by Crippen LogP contribution is 2.11. The van der Waals surface area contributed by atoms with Gasteiger partial charge in [0.25, 0.3) is 0 Å². The first-order chi connectivity index (χ1) is 7.86. The van der Waals surface area contributed by atoms with E-state index in [1.54, 1.807) is 0 Å². The molecule has 0 spiro atoms. The molecule has 1 heterocycles. The molecule has 0 amide bonds. The summed E-state index contributed by atoms with van der Waals surface area (Å²) in [6, 6.07) is 4.97. The maximum Gasteiger partial charge on any atom is 0.0302 e. The zero-order chi connectivity index (χ0) is 11.6. The molecule has 2 nitrogen and oxygen atoms in total. The van der Waals surface area contributed by atoms with Crippen LogP contribution >= 0.6 is 11.3 Å². The molecule has 1 atom stereocenters. The molecule has 3 heteroatoms. The van der Waals surface area contributed by atoms with Crippen LogP contribution < -0.4 is 11.1 Å². The van der Waals surface area contributed by atoms with E-state index in [2.05, 4.69) is 29.8 Å². The summed E-state index contributed by atoms with van der Waals surface area (Å²) in [5, 5.41) is 5.77. The van der Waals surface area contributed by atoms with Crippen LogP contribution in [-0.4, -0.2) is 12.6 Å². The second-order valence-corrected chi connectivity index (χ2v) is 5.24. The molecule has 1 aromatic rings. The molecule has 0 aromatic carbocycles. The molecule has 0 fully saturated rings. The summed E-state index contributed by atoms with van der Waals surface area (Å²) in [5.41, 5.74) is 5.49. The van der Waals surface area contributed by atoms with Gasteiger partial charge in [0.15, 0.2) is 0 Å². The second-order valence-electron chi connectivity index (χ2n) is 4.20. The lowest BCUT2D eigenvalue weighted by molar-refractivity contribution is 0.447. The van der Waals surface area contributed by atoms with Crippen molar-refractivity contribution in [2.75, 3.05) is 6.54 Å². The predicted molar refractivity (Wildman–Crippen MR) is 72.8 cm³/mol. The highest BCUT2D eigenvalue weighted by molar-refractivity contribution is 7.09. The Morgan fingerprint density at radius 2 is 2.25 bits per heavy atom. The van der Waals surface area contributed by atoms with E-state index in [1.807, 2.05) is 11.3 Å². The fraction of sp³-hybridized carbons (Fsp3) is 0.692. The first-order valence-electron chi connectivity index (χ1n) is 6.32. The van der Waals surface area contributed by atoms with Crippen LogP contribution in [0.3, 0.4) is 0 Å². The van der Waals surface area contributed by atoms with Crippen LogP contribution in [0.25, 0.3) is 0 Å². The van der Waals surface area contributed by atoms with E-state index in [9.17, 15) is 0 Å². The van der Waals surface area contributed by atoms with Crippen molar-refractivity contribution in [2.45, 2.75) is 51.6 Å². The molecule has 1 unspecified atom stereocenters. The maximum atomic E-state index is 5.49. The average Bonchev–Trinajstić information content (AvgIpc) is 2.81. The lowest BCUT2D eigenvalue weighted by Crippen LogP contribution is -2.27. The van der Waals surface area contributed by atoms with Crippen LogP contribution in [-0.2, 0) is 6.54 Å². The molecule has 92 valence electrons. The second kappa shape index (κ2) is 8.74. The molecule has 0 aliphatic carbocycles. The van der Waals surface area contributed by atoms with E-state index in [4.69, 9.17) is 5.73 Å². The topological polar surface area (TPSA) is 38.0 Å². The molecule has 0 aliphatic rings. The van der Waals surface area contributed by atoms with Gasteiger partial charge in [-0.05, 0) is 37.3 Å². The van der Waals surface area contributed by atoms with Gasteiger partial charge in [-0.25, -0.2) is 0 Å². The standard InChI is InChI=1S/C13H24N2S/c1-2-12(7-4-3-5-9-14)15-11-13-8-6-10-16-13/h6,8,10,12,15H,2-5,7,9,11,14H2,1H3. The highest BCUT2D eigenvalue weighted by Gasteiger charge is 2.05. The van der Waals surface area contributed by atoms with E-state index in [0.29, 0.717) is 6.04 Å². The van der Waals surface area contributed by atoms with E-state index < -0.39 is 0 Å². The third-order valence-corrected chi connectivity index (χ3v) is 3.77. The maximum absolute atomic E-state index is 5.49. The summed E-state index contributed by atoms with van der Waals surface area (Å²) < 4.78 is 0. The molecule has 0 radical (unpaired) electrons. The van der Waals surface area contributed by atoms with Gasteiger partial charge in [0.2, 0.25) is 0 Å². The number of unbranched alkanes of at least 4 members (excludes halogenated alkanes) is 2. The smallest absolute Gasteiger partial charge is 0.0302 e. The van der Waals surface area contributed by atoms with Crippen molar-refractivity contribution in [3.8, 4) is 0 Å². The summed E-state index contributed by atoms with van der Waals surface area (Å²) in [5.74, 6) is 0. The van der Waals surface area contributed by atoms with Gasteiger partial charge in [-0.15, -0.1) is 11.3 Å². The third kappa shape index (κ3) is 5.64. The molecule has 1 aromatic heterocycles. The van der Waals surface area contributed by atoms with Gasteiger partial charge in [-0.1, -0.05) is 25.8 Å². The van der Waals surface area contributed by atoms with Gasteiger partial charge in [0, 0.05) is 17.5 Å². The summed E-state index contributed by atoms with van der Waals surface area (Å²) in [6.07, 6.45) is 6.23. The minimum absolute atomic E-state index is 0.667. The van der Waals surface area contributed by atoms with Crippen molar-refractivity contribution in [3.63, 3.8) is 0 Å². The number of nitrogens with two attached hydrogens (primary N) is 1. The Hall–Kier alpha value is -0.380. The first kappa shape index (κ1) is 13.7. The zero-order valence-electron chi connectivity index (χ0n) is 10.2. The first-order valence-corrected chi connectivity index (χ1v) is 7.20. The van der Waals surface area contributed by atoms with E-state index in [1.165, 1.54) is 37.0 Å². The summed E-state index contributed by atoms with van der Waals surface area (Å²) in [4.78, 5) is 1.43. The Balaban J connectivity index is 2.11. The van der Waals surface area contributed by atoms with Gasteiger partial charge in [-0.2, -0.15) is 0 Å². The van der Waals surface area contributed by atoms with Gasteiger partial charge >= 0.3 is 0 Å². The van der Waals surface area contributed by atoms with Gasteiger partial charge in [-0.3, -0.25) is 0 Å². The van der Waals surface area contributed by atoms with E-state index in [-0.39, 0.29) is 0 Å². The molecule has 16 heavy (non-hydrogen) atoms. The Labute approximate surface area is 103 Å². The van der Waals surface area contributed by atoms with Crippen molar-refractivity contribution in [2.24, 2.45) is 5.73 Å². The highest BCUT2D eigenvalue weighted by atomic mass is 32.1. The summed E-state index contributed by atoms with van der Waals surface area (Å²) in [7, 11) is 0. The monoisotopic (exact) mass is 240 g/mol. The number of hydrogen-bond acceptors (Lipinski definition) is 3. The van der Waals surface area contributed by atoms with Crippen LogP contribution in [0.2, 0.25) is 0 Å². The van der Waals surface area contributed by atoms with Crippen molar-refractivity contribution in [1.29, 1.82) is 0 Å². The Kier molecular flexibility index (Phi) is 7.47. The molecule has 0 saturated heterocycles. The molecule has 0 aliphatic heterocycles. The lowest BCUT2D eigenvalue weighted by atomic mass is 10.1. The average molecular weight is 240 g/mol. The fourth-order valence-electron chi connectivity index (χ4n) is 1.82. The number of thiophene rings is 1. The normalized spacial score (nSPS) is 12.9. The third-order valence-electron chi connectivity index (χ3n) is 2.89. The Bertz CT molecular complexity index is 246. The number of hydrogen-bond donors (Lipinski definition) is 2. The molecular formula is C13H24N2S. The van der Waals surface area contributed by atoms with Gasteiger partial charge in [0.05, 0.1) is 0 Å². The summed E-state index contributed by atoms with van der Waals surface area (Å²) in [6.45, 7) is 4.11. The zero-order valence-corrected chi connectivity index (χ0v) is 11.1. The number of nitrogens with one attached hydrogen (secondary N) is 1. The minimum Gasteiger partial charge on any atom is -0.330 e. The Morgan fingerprint density at radius 3 is 2.88 bits per heavy atom. The molecule has 3 N–H and O–H groups in total. The van der Waals surface area contributed by atoms with Crippen molar-refractivity contribution >= 4 is 11.3 Å². The molecule has 0 bridgehead atoms. The molecule has 1 rings (SSSR count). The van der Waals surface area contributed by atoms with E-state index >= 15 is 0 Å². The van der Waals surface area contributed by atoms with Gasteiger partial charge in [0.1, 0.15) is 0 Å². The summed E-state index contributed by atoms with van der Waals surface area (Å²) >= 11 is 1.83. The van der Waals surface area contributed by atoms with Crippen LogP contribution in [0.1, 0.15) is 43.9 Å². The minimum atomic E-state index is 0.667. The van der Waals surface area contributed by atoms with Gasteiger partial charge < -0.3 is 11.1 Å². The van der Waals surface area contributed by atoms with E-state index in [0.717, 1.165) is 13.1 Å². The van der Waals surface area contributed by atoms with Crippen molar-refractivity contribution < 1.29 is 0 Å². The largest absolute Gasteiger partial charge is 0.330 e. The Morgan fingerprint density at radius 1 is 1.38 bits per heavy atom. The molecule has 0 saturated carbocycles. The quantitative estimate of drug-likeness (QED) is 0.651.